The van der Waals surface area contributed by atoms with E-state index in [1.165, 1.54) is 0 Å². The Bertz CT molecular complexity index is 446. The maximum atomic E-state index is 11.1. The largest absolute Gasteiger partial charge is 0.490 e. The molecule has 1 aromatic rings. The molecule has 0 aliphatic heterocycles. The predicted octanol–water partition coefficient (Wildman–Crippen LogP) is 0.908. The van der Waals surface area contributed by atoms with Crippen LogP contribution in [0.2, 0.25) is 0 Å². The third-order valence-corrected chi connectivity index (χ3v) is 2.03. The average Bonchev–Trinajstić information content (AvgIpc) is 2.33. The van der Waals surface area contributed by atoms with Gasteiger partial charge < -0.3 is 20.5 Å². The number of amides is 2. The van der Waals surface area contributed by atoms with Crippen LogP contribution in [0.1, 0.15) is 13.8 Å². The summed E-state index contributed by atoms with van der Waals surface area (Å²) in [5.74, 6) is -0.832. The lowest BCUT2D eigenvalue weighted by atomic mass is 10.2. The first-order chi connectivity index (χ1) is 8.58. The van der Waals surface area contributed by atoms with Crippen LogP contribution in [0.15, 0.2) is 18.2 Å². The molecular weight excluding hydrogens is 236 g/mol. The van der Waals surface area contributed by atoms with Gasteiger partial charge >= 0.3 is 11.8 Å². The van der Waals surface area contributed by atoms with Crippen molar-refractivity contribution in [1.29, 1.82) is 0 Å². The Hall–Kier alpha value is -2.24. The van der Waals surface area contributed by atoms with Crippen LogP contribution in [0.5, 0.6) is 11.5 Å². The van der Waals surface area contributed by atoms with Gasteiger partial charge in [0.15, 0.2) is 11.5 Å². The Balaban J connectivity index is 2.91. The summed E-state index contributed by atoms with van der Waals surface area (Å²) in [5.41, 5.74) is 5.27. The van der Waals surface area contributed by atoms with E-state index in [2.05, 4.69) is 5.32 Å². The Labute approximate surface area is 105 Å². The van der Waals surface area contributed by atoms with Crippen LogP contribution < -0.4 is 20.5 Å². The maximum absolute atomic E-state index is 11.1. The summed E-state index contributed by atoms with van der Waals surface area (Å²) in [4.78, 5) is 21.8. The quantitative estimate of drug-likeness (QED) is 0.762. The van der Waals surface area contributed by atoms with Crippen LogP contribution in [-0.4, -0.2) is 25.0 Å². The predicted molar refractivity (Wildman–Crippen MR) is 66.6 cm³/mol. The van der Waals surface area contributed by atoms with Crippen LogP contribution >= 0.6 is 0 Å². The molecule has 3 N–H and O–H groups in total. The molecule has 18 heavy (non-hydrogen) atoms. The molecule has 0 unspecified atom stereocenters. The molecule has 6 heteroatoms. The molecule has 0 saturated heterocycles. The molecule has 6 nitrogen and oxygen atoms in total. The number of nitrogens with one attached hydrogen (secondary N) is 1. The first-order valence-electron chi connectivity index (χ1n) is 5.58. The zero-order valence-corrected chi connectivity index (χ0v) is 10.4. The number of nitrogens with two attached hydrogens (primary N) is 1. The Kier molecular flexibility index (Phi) is 4.98. The van der Waals surface area contributed by atoms with Gasteiger partial charge in [-0.2, -0.15) is 0 Å². The lowest BCUT2D eigenvalue weighted by Gasteiger charge is -2.12. The van der Waals surface area contributed by atoms with Gasteiger partial charge in [0.1, 0.15) is 0 Å². The molecule has 0 bridgehead atoms. The average molecular weight is 252 g/mol. The van der Waals surface area contributed by atoms with Crippen LogP contribution in [0.25, 0.3) is 0 Å². The maximum Gasteiger partial charge on any atom is 0.313 e. The van der Waals surface area contributed by atoms with Crippen LogP contribution in [0.3, 0.4) is 0 Å². The second-order valence-corrected chi connectivity index (χ2v) is 3.35. The minimum atomic E-state index is -1.04. The highest BCUT2D eigenvalue weighted by Gasteiger charge is 2.11. The number of benzene rings is 1. The summed E-state index contributed by atoms with van der Waals surface area (Å²) in [5, 5.41) is 2.36. The van der Waals surface area contributed by atoms with Gasteiger partial charge in [-0.05, 0) is 26.0 Å². The Morgan fingerprint density at radius 2 is 1.78 bits per heavy atom. The molecule has 0 aromatic heterocycles. The number of carbonyl (C=O) groups excluding carboxylic acids is 2. The summed E-state index contributed by atoms with van der Waals surface area (Å²) in [7, 11) is 0. The molecule has 2 amide bonds. The van der Waals surface area contributed by atoms with Crippen molar-refractivity contribution >= 4 is 17.5 Å². The lowest BCUT2D eigenvalue weighted by molar-refractivity contribution is -0.134. The molecule has 0 fully saturated rings. The zero-order valence-electron chi connectivity index (χ0n) is 10.4. The number of rotatable bonds is 5. The second-order valence-electron chi connectivity index (χ2n) is 3.35. The van der Waals surface area contributed by atoms with Gasteiger partial charge in [-0.1, -0.05) is 0 Å². The fourth-order valence-electron chi connectivity index (χ4n) is 1.32. The molecule has 0 aliphatic rings. The van der Waals surface area contributed by atoms with Crippen LogP contribution in [0.4, 0.5) is 5.69 Å². The topological polar surface area (TPSA) is 90.6 Å². The van der Waals surface area contributed by atoms with E-state index in [4.69, 9.17) is 15.2 Å². The molecular formula is C12H16N2O4. The van der Waals surface area contributed by atoms with Crippen molar-refractivity contribution in [2.75, 3.05) is 18.5 Å². The van der Waals surface area contributed by atoms with Gasteiger partial charge in [-0.15, -0.1) is 0 Å². The highest BCUT2D eigenvalue weighted by molar-refractivity contribution is 6.39. The van der Waals surface area contributed by atoms with E-state index in [9.17, 15) is 9.59 Å². The van der Waals surface area contributed by atoms with E-state index in [0.29, 0.717) is 30.4 Å². The van der Waals surface area contributed by atoms with Gasteiger partial charge in [-0.3, -0.25) is 9.59 Å². The van der Waals surface area contributed by atoms with E-state index in [-0.39, 0.29) is 0 Å². The van der Waals surface area contributed by atoms with Gasteiger partial charge in [0.05, 0.1) is 13.2 Å². The van der Waals surface area contributed by atoms with Gasteiger partial charge in [0, 0.05) is 11.8 Å². The zero-order chi connectivity index (χ0) is 13.5. The summed E-state index contributed by atoms with van der Waals surface area (Å²) in [6.45, 7) is 4.67. The molecule has 0 atom stereocenters. The first-order valence-corrected chi connectivity index (χ1v) is 5.58. The number of primary amides is 1. The van der Waals surface area contributed by atoms with Gasteiger partial charge in [-0.25, -0.2) is 0 Å². The van der Waals surface area contributed by atoms with Crippen molar-refractivity contribution in [2.24, 2.45) is 5.73 Å². The van der Waals surface area contributed by atoms with Crippen molar-refractivity contribution in [2.45, 2.75) is 13.8 Å². The highest BCUT2D eigenvalue weighted by Crippen LogP contribution is 2.30. The number of carbonyl (C=O) groups is 2. The first kappa shape index (κ1) is 13.8. The standard InChI is InChI=1S/C12H16N2O4/c1-3-17-9-6-5-8(7-10(9)18-4-2)14-12(16)11(13)15/h5-7H,3-4H2,1-2H3,(H2,13,15)(H,14,16). The SMILES string of the molecule is CCOc1ccc(NC(=O)C(N)=O)cc1OCC. The molecule has 0 aliphatic carbocycles. The number of ether oxygens (including phenoxy) is 2. The van der Waals surface area contributed by atoms with E-state index >= 15 is 0 Å². The molecule has 0 heterocycles. The molecule has 1 rings (SSSR count). The lowest BCUT2D eigenvalue weighted by Crippen LogP contribution is -2.29. The summed E-state index contributed by atoms with van der Waals surface area (Å²) in [6, 6.07) is 4.84. The minimum absolute atomic E-state index is 0.422. The van der Waals surface area contributed by atoms with Crippen molar-refractivity contribution in [1.82, 2.24) is 0 Å². The fourth-order valence-corrected chi connectivity index (χ4v) is 1.32. The van der Waals surface area contributed by atoms with Crippen molar-refractivity contribution in [3.63, 3.8) is 0 Å². The van der Waals surface area contributed by atoms with Crippen LogP contribution in [-0.2, 0) is 9.59 Å². The number of hydrogen-bond acceptors (Lipinski definition) is 4. The molecule has 1 aromatic carbocycles. The monoisotopic (exact) mass is 252 g/mol. The number of hydrogen-bond donors (Lipinski definition) is 2. The van der Waals surface area contributed by atoms with Crippen molar-refractivity contribution in [3.05, 3.63) is 18.2 Å². The van der Waals surface area contributed by atoms with E-state index in [1.807, 2.05) is 13.8 Å². The molecule has 0 radical (unpaired) electrons. The Morgan fingerprint density at radius 1 is 1.17 bits per heavy atom. The smallest absolute Gasteiger partial charge is 0.313 e. The van der Waals surface area contributed by atoms with E-state index < -0.39 is 11.8 Å². The van der Waals surface area contributed by atoms with Crippen molar-refractivity contribution < 1.29 is 19.1 Å². The summed E-state index contributed by atoms with van der Waals surface area (Å²) < 4.78 is 10.7. The molecule has 0 saturated carbocycles. The fraction of sp³-hybridized carbons (Fsp3) is 0.333. The second kappa shape index (κ2) is 6.48. The van der Waals surface area contributed by atoms with E-state index in [1.54, 1.807) is 18.2 Å². The summed E-state index contributed by atoms with van der Waals surface area (Å²) >= 11 is 0. The minimum Gasteiger partial charge on any atom is -0.490 e. The van der Waals surface area contributed by atoms with Gasteiger partial charge in [0.25, 0.3) is 0 Å². The third-order valence-electron chi connectivity index (χ3n) is 2.03. The Morgan fingerprint density at radius 3 is 2.33 bits per heavy atom. The number of anilines is 1. The normalized spacial score (nSPS) is 9.67. The van der Waals surface area contributed by atoms with Crippen LogP contribution in [0, 0.1) is 0 Å². The molecule has 98 valence electrons. The highest BCUT2D eigenvalue weighted by atomic mass is 16.5. The van der Waals surface area contributed by atoms with E-state index in [0.717, 1.165) is 0 Å². The third kappa shape index (κ3) is 3.65. The van der Waals surface area contributed by atoms with Crippen molar-refractivity contribution in [3.8, 4) is 11.5 Å². The molecule has 0 spiro atoms. The summed E-state index contributed by atoms with van der Waals surface area (Å²) in [6.07, 6.45) is 0. The van der Waals surface area contributed by atoms with Gasteiger partial charge in [0.2, 0.25) is 0 Å².